The molecule has 0 aromatic heterocycles. The number of aryl methyl sites for hydroxylation is 1. The van der Waals surface area contributed by atoms with Gasteiger partial charge in [-0.15, -0.1) is 0 Å². The van der Waals surface area contributed by atoms with Gasteiger partial charge < -0.3 is 14.8 Å². The highest BCUT2D eigenvalue weighted by atomic mass is 16.5. The Morgan fingerprint density at radius 3 is 2.12 bits per heavy atom. The van der Waals surface area contributed by atoms with Gasteiger partial charge in [-0.2, -0.15) is 0 Å². The molecule has 0 bridgehead atoms. The van der Waals surface area contributed by atoms with Crippen LogP contribution in [0.2, 0.25) is 0 Å². The third-order valence-corrected chi connectivity index (χ3v) is 3.69. The maximum absolute atomic E-state index is 12.4. The molecule has 2 aromatic carbocycles. The lowest BCUT2D eigenvalue weighted by Crippen LogP contribution is -2.22. The molecule has 24 heavy (non-hydrogen) atoms. The van der Waals surface area contributed by atoms with Crippen LogP contribution in [0.5, 0.6) is 11.5 Å². The zero-order valence-corrected chi connectivity index (χ0v) is 14.6. The van der Waals surface area contributed by atoms with Gasteiger partial charge in [0.05, 0.1) is 13.2 Å². The van der Waals surface area contributed by atoms with Crippen molar-refractivity contribution in [1.82, 2.24) is 5.32 Å². The largest absolute Gasteiger partial charge is 0.490 e. The van der Waals surface area contributed by atoms with Gasteiger partial charge in [0.1, 0.15) is 0 Å². The molecule has 0 heterocycles. The summed E-state index contributed by atoms with van der Waals surface area (Å²) in [5.74, 6) is 1.13. The number of rotatable bonds is 8. The molecular formula is C20H25NO3. The highest BCUT2D eigenvalue weighted by Gasteiger charge is 2.11. The fourth-order valence-electron chi connectivity index (χ4n) is 2.37. The van der Waals surface area contributed by atoms with Crippen LogP contribution in [0.15, 0.2) is 42.5 Å². The summed E-state index contributed by atoms with van der Waals surface area (Å²) < 4.78 is 11.1. The van der Waals surface area contributed by atoms with Crippen LogP contribution >= 0.6 is 0 Å². The number of benzene rings is 2. The van der Waals surface area contributed by atoms with Crippen LogP contribution in [0.25, 0.3) is 0 Å². The Morgan fingerprint density at radius 2 is 1.50 bits per heavy atom. The molecule has 0 radical (unpaired) electrons. The van der Waals surface area contributed by atoms with E-state index in [9.17, 15) is 4.79 Å². The van der Waals surface area contributed by atoms with E-state index in [1.165, 1.54) is 5.56 Å². The summed E-state index contributed by atoms with van der Waals surface area (Å²) in [6.07, 6.45) is 1.01. The molecule has 128 valence electrons. The molecule has 0 atom stereocenters. The monoisotopic (exact) mass is 327 g/mol. The lowest BCUT2D eigenvalue weighted by Gasteiger charge is -2.12. The first kappa shape index (κ1) is 17.9. The maximum atomic E-state index is 12.4. The van der Waals surface area contributed by atoms with Crippen molar-refractivity contribution in [3.05, 3.63) is 59.2 Å². The van der Waals surface area contributed by atoms with Gasteiger partial charge in [0.25, 0.3) is 5.91 Å². The minimum atomic E-state index is -0.126. The minimum absolute atomic E-state index is 0.126. The van der Waals surface area contributed by atoms with E-state index in [4.69, 9.17) is 9.47 Å². The van der Waals surface area contributed by atoms with Crippen molar-refractivity contribution < 1.29 is 14.3 Å². The van der Waals surface area contributed by atoms with E-state index in [0.29, 0.717) is 36.8 Å². The average molecular weight is 327 g/mol. The van der Waals surface area contributed by atoms with Crippen LogP contribution in [0.4, 0.5) is 0 Å². The zero-order valence-electron chi connectivity index (χ0n) is 14.6. The van der Waals surface area contributed by atoms with Crippen molar-refractivity contribution >= 4 is 5.91 Å². The first-order valence-electron chi connectivity index (χ1n) is 8.43. The van der Waals surface area contributed by atoms with Crippen LogP contribution in [-0.4, -0.2) is 19.1 Å². The molecule has 0 aliphatic heterocycles. The second kappa shape index (κ2) is 8.96. The van der Waals surface area contributed by atoms with Crippen LogP contribution in [0.3, 0.4) is 0 Å². The number of ether oxygens (including phenoxy) is 2. The standard InChI is InChI=1S/C20H25NO3/c1-4-15-7-9-16(10-8-15)14-21-20(22)17-11-12-18(23-5-2)19(13-17)24-6-3/h7-13H,4-6,14H2,1-3H3,(H,21,22). The normalized spacial score (nSPS) is 10.3. The van der Waals surface area contributed by atoms with E-state index < -0.39 is 0 Å². The van der Waals surface area contributed by atoms with Crippen molar-refractivity contribution in [3.63, 3.8) is 0 Å². The first-order chi connectivity index (χ1) is 11.7. The fraction of sp³-hybridized carbons (Fsp3) is 0.350. The van der Waals surface area contributed by atoms with E-state index in [1.807, 2.05) is 26.0 Å². The quantitative estimate of drug-likeness (QED) is 0.798. The Morgan fingerprint density at radius 1 is 0.875 bits per heavy atom. The van der Waals surface area contributed by atoms with Crippen LogP contribution in [0.1, 0.15) is 42.3 Å². The summed E-state index contributed by atoms with van der Waals surface area (Å²) in [6.45, 7) is 7.52. The topological polar surface area (TPSA) is 47.6 Å². The van der Waals surface area contributed by atoms with Gasteiger partial charge in [-0.05, 0) is 49.6 Å². The van der Waals surface area contributed by atoms with E-state index in [2.05, 4.69) is 24.4 Å². The van der Waals surface area contributed by atoms with Gasteiger partial charge in [0.15, 0.2) is 11.5 Å². The second-order valence-electron chi connectivity index (χ2n) is 5.38. The highest BCUT2D eigenvalue weighted by Crippen LogP contribution is 2.28. The predicted molar refractivity (Wildman–Crippen MR) is 95.8 cm³/mol. The lowest BCUT2D eigenvalue weighted by molar-refractivity contribution is 0.0950. The van der Waals surface area contributed by atoms with Gasteiger partial charge in [0, 0.05) is 12.1 Å². The third kappa shape index (κ3) is 4.75. The number of amides is 1. The molecule has 0 fully saturated rings. The lowest BCUT2D eigenvalue weighted by atomic mass is 10.1. The van der Waals surface area contributed by atoms with Gasteiger partial charge in [0.2, 0.25) is 0 Å². The Labute approximate surface area is 143 Å². The second-order valence-corrected chi connectivity index (χ2v) is 5.38. The molecule has 0 unspecified atom stereocenters. The summed E-state index contributed by atoms with van der Waals surface area (Å²) in [7, 11) is 0. The zero-order chi connectivity index (χ0) is 17.4. The first-order valence-corrected chi connectivity index (χ1v) is 8.43. The van der Waals surface area contributed by atoms with Gasteiger partial charge >= 0.3 is 0 Å². The number of hydrogen-bond donors (Lipinski definition) is 1. The molecule has 4 heteroatoms. The summed E-state index contributed by atoms with van der Waals surface area (Å²) in [5, 5.41) is 2.94. The number of hydrogen-bond acceptors (Lipinski definition) is 3. The molecule has 0 spiro atoms. The van der Waals surface area contributed by atoms with Crippen molar-refractivity contribution in [2.24, 2.45) is 0 Å². The number of carbonyl (C=O) groups is 1. The Balaban J connectivity index is 2.04. The third-order valence-electron chi connectivity index (χ3n) is 3.69. The van der Waals surface area contributed by atoms with Gasteiger partial charge in [-0.25, -0.2) is 0 Å². The molecule has 1 amide bonds. The van der Waals surface area contributed by atoms with Gasteiger partial charge in [-0.3, -0.25) is 4.79 Å². The number of carbonyl (C=O) groups excluding carboxylic acids is 1. The Kier molecular flexibility index (Phi) is 6.67. The molecule has 4 nitrogen and oxygen atoms in total. The van der Waals surface area contributed by atoms with Crippen molar-refractivity contribution in [3.8, 4) is 11.5 Å². The molecule has 0 saturated carbocycles. The van der Waals surface area contributed by atoms with Gasteiger partial charge in [-0.1, -0.05) is 31.2 Å². The highest BCUT2D eigenvalue weighted by molar-refractivity contribution is 5.94. The van der Waals surface area contributed by atoms with Crippen LogP contribution in [-0.2, 0) is 13.0 Å². The van der Waals surface area contributed by atoms with E-state index in [1.54, 1.807) is 18.2 Å². The average Bonchev–Trinajstić information content (AvgIpc) is 2.62. The molecule has 2 rings (SSSR count). The van der Waals surface area contributed by atoms with Crippen LogP contribution in [0, 0.1) is 0 Å². The molecule has 0 aliphatic carbocycles. The predicted octanol–water partition coefficient (Wildman–Crippen LogP) is 3.98. The summed E-state index contributed by atoms with van der Waals surface area (Å²) >= 11 is 0. The van der Waals surface area contributed by atoms with E-state index in [0.717, 1.165) is 12.0 Å². The fourth-order valence-corrected chi connectivity index (χ4v) is 2.37. The molecule has 0 aliphatic rings. The summed E-state index contributed by atoms with van der Waals surface area (Å²) in [5.41, 5.74) is 2.93. The van der Waals surface area contributed by atoms with E-state index in [-0.39, 0.29) is 5.91 Å². The summed E-state index contributed by atoms with van der Waals surface area (Å²) in [6, 6.07) is 13.5. The number of nitrogens with one attached hydrogen (secondary N) is 1. The minimum Gasteiger partial charge on any atom is -0.490 e. The molecule has 1 N–H and O–H groups in total. The van der Waals surface area contributed by atoms with Crippen molar-refractivity contribution in [1.29, 1.82) is 0 Å². The SMILES string of the molecule is CCOc1ccc(C(=O)NCc2ccc(CC)cc2)cc1OCC. The maximum Gasteiger partial charge on any atom is 0.251 e. The van der Waals surface area contributed by atoms with Crippen molar-refractivity contribution in [2.45, 2.75) is 33.7 Å². The van der Waals surface area contributed by atoms with E-state index >= 15 is 0 Å². The van der Waals surface area contributed by atoms with Crippen molar-refractivity contribution in [2.75, 3.05) is 13.2 Å². The smallest absolute Gasteiger partial charge is 0.251 e. The molecule has 2 aromatic rings. The Bertz CT molecular complexity index is 665. The van der Waals surface area contributed by atoms with Crippen LogP contribution < -0.4 is 14.8 Å². The Hall–Kier alpha value is -2.49. The molecule has 0 saturated heterocycles. The molecular weight excluding hydrogens is 302 g/mol. The summed E-state index contributed by atoms with van der Waals surface area (Å²) in [4.78, 5) is 12.4.